The summed E-state index contributed by atoms with van der Waals surface area (Å²) in [4.78, 5) is 12.0. The fraction of sp³-hybridized carbons (Fsp3) is 0.235. The largest absolute Gasteiger partial charge is 0.481 e. The standard InChI is InChI=1S/C17H18ClNO2/c1-12-4-3-5-14(10-12)11-19-17(20)13(2)21-16-8-6-15(18)7-9-16/h3-10,13H,11H2,1-2H3,(H,19,20). The van der Waals surface area contributed by atoms with Crippen LogP contribution < -0.4 is 10.1 Å². The van der Waals surface area contributed by atoms with Crippen LogP contribution in [-0.4, -0.2) is 12.0 Å². The summed E-state index contributed by atoms with van der Waals surface area (Å²) in [7, 11) is 0. The smallest absolute Gasteiger partial charge is 0.261 e. The van der Waals surface area contributed by atoms with Crippen LogP contribution in [0.1, 0.15) is 18.1 Å². The van der Waals surface area contributed by atoms with Gasteiger partial charge in [0, 0.05) is 11.6 Å². The topological polar surface area (TPSA) is 38.3 Å². The van der Waals surface area contributed by atoms with E-state index in [-0.39, 0.29) is 5.91 Å². The lowest BCUT2D eigenvalue weighted by molar-refractivity contribution is -0.127. The number of amides is 1. The summed E-state index contributed by atoms with van der Waals surface area (Å²) >= 11 is 5.81. The van der Waals surface area contributed by atoms with Gasteiger partial charge in [-0.1, -0.05) is 41.4 Å². The third kappa shape index (κ3) is 4.80. The minimum Gasteiger partial charge on any atom is -0.481 e. The highest BCUT2D eigenvalue weighted by Gasteiger charge is 2.14. The molecule has 2 aromatic rings. The van der Waals surface area contributed by atoms with Crippen LogP contribution in [0.2, 0.25) is 5.02 Å². The summed E-state index contributed by atoms with van der Waals surface area (Å²) in [5, 5.41) is 3.51. The number of carbonyl (C=O) groups is 1. The van der Waals surface area contributed by atoms with Gasteiger partial charge in [0.05, 0.1) is 0 Å². The Labute approximate surface area is 129 Å². The maximum atomic E-state index is 12.0. The first-order valence-corrected chi connectivity index (χ1v) is 7.18. The molecule has 2 rings (SSSR count). The lowest BCUT2D eigenvalue weighted by Gasteiger charge is -2.15. The number of halogens is 1. The van der Waals surface area contributed by atoms with Gasteiger partial charge in [-0.15, -0.1) is 0 Å². The fourth-order valence-electron chi connectivity index (χ4n) is 1.93. The Kier molecular flexibility index (Phi) is 5.23. The Balaban J connectivity index is 1.86. The molecule has 21 heavy (non-hydrogen) atoms. The molecule has 1 amide bonds. The molecular formula is C17H18ClNO2. The zero-order valence-corrected chi connectivity index (χ0v) is 12.9. The summed E-state index contributed by atoms with van der Waals surface area (Å²) in [6, 6.07) is 15.0. The first kappa shape index (κ1) is 15.4. The van der Waals surface area contributed by atoms with Gasteiger partial charge in [0.25, 0.3) is 5.91 Å². The summed E-state index contributed by atoms with van der Waals surface area (Å²) < 4.78 is 5.57. The first-order chi connectivity index (χ1) is 10.0. The van der Waals surface area contributed by atoms with Crippen LogP contribution in [-0.2, 0) is 11.3 Å². The first-order valence-electron chi connectivity index (χ1n) is 6.80. The molecule has 0 radical (unpaired) electrons. The van der Waals surface area contributed by atoms with Crippen molar-refractivity contribution in [3.63, 3.8) is 0 Å². The van der Waals surface area contributed by atoms with E-state index in [2.05, 4.69) is 5.32 Å². The molecule has 0 aliphatic heterocycles. The third-order valence-electron chi connectivity index (χ3n) is 3.04. The van der Waals surface area contributed by atoms with Crippen LogP contribution in [0.25, 0.3) is 0 Å². The lowest BCUT2D eigenvalue weighted by atomic mass is 10.1. The Bertz CT molecular complexity index is 610. The van der Waals surface area contributed by atoms with E-state index in [1.54, 1.807) is 31.2 Å². The molecule has 0 fully saturated rings. The summed E-state index contributed by atoms with van der Waals surface area (Å²) in [5.41, 5.74) is 2.24. The van der Waals surface area contributed by atoms with E-state index in [0.717, 1.165) is 5.56 Å². The van der Waals surface area contributed by atoms with Gasteiger partial charge in [-0.3, -0.25) is 4.79 Å². The van der Waals surface area contributed by atoms with Crippen LogP contribution in [0.4, 0.5) is 0 Å². The van der Waals surface area contributed by atoms with Crippen molar-refractivity contribution in [1.82, 2.24) is 5.32 Å². The van der Waals surface area contributed by atoms with Gasteiger partial charge < -0.3 is 10.1 Å². The van der Waals surface area contributed by atoms with Crippen molar-refractivity contribution in [2.24, 2.45) is 0 Å². The van der Waals surface area contributed by atoms with Crippen molar-refractivity contribution in [3.8, 4) is 5.75 Å². The van der Waals surface area contributed by atoms with Crippen LogP contribution in [0.15, 0.2) is 48.5 Å². The summed E-state index contributed by atoms with van der Waals surface area (Å²) in [5.74, 6) is 0.476. The monoisotopic (exact) mass is 303 g/mol. The molecule has 110 valence electrons. The number of nitrogens with one attached hydrogen (secondary N) is 1. The number of rotatable bonds is 5. The van der Waals surface area contributed by atoms with Crippen LogP contribution in [0.3, 0.4) is 0 Å². The van der Waals surface area contributed by atoms with Crippen LogP contribution >= 0.6 is 11.6 Å². The zero-order valence-electron chi connectivity index (χ0n) is 12.1. The van der Waals surface area contributed by atoms with E-state index in [0.29, 0.717) is 17.3 Å². The van der Waals surface area contributed by atoms with Crippen molar-refractivity contribution >= 4 is 17.5 Å². The maximum Gasteiger partial charge on any atom is 0.261 e. The second kappa shape index (κ2) is 7.14. The normalized spacial score (nSPS) is 11.8. The molecule has 0 heterocycles. The molecule has 1 atom stereocenters. The van der Waals surface area contributed by atoms with Gasteiger partial charge in [0.2, 0.25) is 0 Å². The molecule has 1 unspecified atom stereocenters. The lowest BCUT2D eigenvalue weighted by Crippen LogP contribution is -2.35. The van der Waals surface area contributed by atoms with E-state index in [4.69, 9.17) is 16.3 Å². The van der Waals surface area contributed by atoms with Gasteiger partial charge in [-0.05, 0) is 43.7 Å². The molecule has 0 aromatic heterocycles. The Morgan fingerprint density at radius 2 is 1.95 bits per heavy atom. The Morgan fingerprint density at radius 3 is 2.62 bits per heavy atom. The molecule has 0 bridgehead atoms. The number of benzene rings is 2. The predicted molar refractivity (Wildman–Crippen MR) is 84.6 cm³/mol. The molecule has 0 saturated heterocycles. The Hall–Kier alpha value is -2.00. The van der Waals surface area contributed by atoms with Crippen molar-refractivity contribution in [3.05, 3.63) is 64.7 Å². The highest BCUT2D eigenvalue weighted by molar-refractivity contribution is 6.30. The van der Waals surface area contributed by atoms with Crippen molar-refractivity contribution in [1.29, 1.82) is 0 Å². The molecule has 0 spiro atoms. The summed E-state index contributed by atoms with van der Waals surface area (Å²) in [6.07, 6.45) is -0.559. The van der Waals surface area contributed by atoms with Crippen molar-refractivity contribution in [2.45, 2.75) is 26.5 Å². The van der Waals surface area contributed by atoms with E-state index in [9.17, 15) is 4.79 Å². The van der Waals surface area contributed by atoms with E-state index in [1.807, 2.05) is 31.2 Å². The van der Waals surface area contributed by atoms with Crippen LogP contribution in [0.5, 0.6) is 5.75 Å². The van der Waals surface area contributed by atoms with Gasteiger partial charge in [-0.25, -0.2) is 0 Å². The van der Waals surface area contributed by atoms with E-state index >= 15 is 0 Å². The fourth-order valence-corrected chi connectivity index (χ4v) is 2.05. The van der Waals surface area contributed by atoms with Crippen molar-refractivity contribution < 1.29 is 9.53 Å². The second-order valence-electron chi connectivity index (χ2n) is 4.92. The zero-order chi connectivity index (χ0) is 15.2. The second-order valence-corrected chi connectivity index (χ2v) is 5.36. The predicted octanol–water partition coefficient (Wildman–Crippen LogP) is 3.73. The quantitative estimate of drug-likeness (QED) is 0.914. The number of carbonyl (C=O) groups excluding carboxylic acids is 1. The maximum absolute atomic E-state index is 12.0. The number of hydrogen-bond donors (Lipinski definition) is 1. The van der Waals surface area contributed by atoms with Gasteiger partial charge >= 0.3 is 0 Å². The van der Waals surface area contributed by atoms with Gasteiger partial charge in [-0.2, -0.15) is 0 Å². The highest BCUT2D eigenvalue weighted by Crippen LogP contribution is 2.16. The van der Waals surface area contributed by atoms with Gasteiger partial charge in [0.1, 0.15) is 5.75 Å². The average molecular weight is 304 g/mol. The van der Waals surface area contributed by atoms with E-state index < -0.39 is 6.10 Å². The molecule has 4 heteroatoms. The minimum atomic E-state index is -0.559. The molecule has 0 aliphatic carbocycles. The SMILES string of the molecule is Cc1cccc(CNC(=O)C(C)Oc2ccc(Cl)cc2)c1. The molecule has 0 saturated carbocycles. The number of hydrogen-bond acceptors (Lipinski definition) is 2. The molecular weight excluding hydrogens is 286 g/mol. The highest BCUT2D eigenvalue weighted by atomic mass is 35.5. The molecule has 2 aromatic carbocycles. The summed E-state index contributed by atoms with van der Waals surface area (Å²) in [6.45, 7) is 4.24. The molecule has 1 N–H and O–H groups in total. The van der Waals surface area contributed by atoms with E-state index in [1.165, 1.54) is 5.56 Å². The Morgan fingerprint density at radius 1 is 1.24 bits per heavy atom. The minimum absolute atomic E-state index is 0.147. The molecule has 3 nitrogen and oxygen atoms in total. The van der Waals surface area contributed by atoms with Crippen LogP contribution in [0, 0.1) is 6.92 Å². The van der Waals surface area contributed by atoms with Crippen molar-refractivity contribution in [2.75, 3.05) is 0 Å². The third-order valence-corrected chi connectivity index (χ3v) is 3.30. The van der Waals surface area contributed by atoms with Gasteiger partial charge in [0.15, 0.2) is 6.10 Å². The molecule has 0 aliphatic rings. The number of ether oxygens (including phenoxy) is 1. The average Bonchev–Trinajstić information content (AvgIpc) is 2.47. The number of aryl methyl sites for hydroxylation is 1.